The van der Waals surface area contributed by atoms with Crippen LogP contribution in [0, 0.1) is 0 Å². The summed E-state index contributed by atoms with van der Waals surface area (Å²) in [4.78, 5) is 26.6. The number of carbonyl (C=O) groups is 2. The van der Waals surface area contributed by atoms with Gasteiger partial charge in [-0.3, -0.25) is 9.69 Å². The van der Waals surface area contributed by atoms with Crippen molar-refractivity contribution in [2.24, 2.45) is 0 Å². The Kier molecular flexibility index (Phi) is 8.71. The van der Waals surface area contributed by atoms with Crippen LogP contribution in [0.15, 0.2) is 71.2 Å². The van der Waals surface area contributed by atoms with E-state index in [0.29, 0.717) is 37.0 Å². The first-order chi connectivity index (χ1) is 17.9. The Bertz CT molecular complexity index is 1250. The average molecular weight is 568 g/mol. The summed E-state index contributed by atoms with van der Waals surface area (Å²) >= 11 is 3.54. The molecule has 1 fully saturated rings. The summed E-state index contributed by atoms with van der Waals surface area (Å²) in [6.45, 7) is 6.73. The van der Waals surface area contributed by atoms with Crippen LogP contribution < -0.4 is 9.47 Å². The fourth-order valence-electron chi connectivity index (χ4n) is 4.27. The van der Waals surface area contributed by atoms with Crippen molar-refractivity contribution in [2.45, 2.75) is 45.9 Å². The van der Waals surface area contributed by atoms with Gasteiger partial charge in [0.1, 0.15) is 11.9 Å². The van der Waals surface area contributed by atoms with Gasteiger partial charge in [-0.05, 0) is 62.2 Å². The highest BCUT2D eigenvalue weighted by molar-refractivity contribution is 9.10. The molecule has 0 bridgehead atoms. The molecule has 4 rings (SSSR count). The molecule has 1 aliphatic heterocycles. The van der Waals surface area contributed by atoms with Gasteiger partial charge in [-0.25, -0.2) is 4.79 Å². The second-order valence-electron chi connectivity index (χ2n) is 8.63. The van der Waals surface area contributed by atoms with Gasteiger partial charge in [0.05, 0.1) is 32.2 Å². The molecule has 0 spiro atoms. The number of amides is 1. The van der Waals surface area contributed by atoms with Crippen LogP contribution in [-0.2, 0) is 27.2 Å². The lowest BCUT2D eigenvalue weighted by molar-refractivity contribution is -0.142. The van der Waals surface area contributed by atoms with Gasteiger partial charge >= 0.3 is 12.1 Å². The number of nitrogens with zero attached hydrogens (tertiary/aromatic N) is 1. The molecule has 2 atom stereocenters. The fraction of sp³-hybridized carbons (Fsp3) is 0.310. The Morgan fingerprint density at radius 1 is 0.973 bits per heavy atom. The molecule has 7 nitrogen and oxygen atoms in total. The Morgan fingerprint density at radius 3 is 2.46 bits per heavy atom. The zero-order chi connectivity index (χ0) is 26.4. The number of carbonyl (C=O) groups excluding carboxylic acids is 2. The number of hydrogen-bond donors (Lipinski definition) is 0. The topological polar surface area (TPSA) is 74.3 Å². The lowest BCUT2D eigenvalue weighted by Gasteiger charge is -2.23. The van der Waals surface area contributed by atoms with Gasteiger partial charge in [0.2, 0.25) is 0 Å². The van der Waals surface area contributed by atoms with Crippen LogP contribution in [0.2, 0.25) is 0 Å². The van der Waals surface area contributed by atoms with Crippen LogP contribution in [0.3, 0.4) is 0 Å². The summed E-state index contributed by atoms with van der Waals surface area (Å²) in [6.07, 6.45) is -0.602. The maximum absolute atomic E-state index is 12.9. The minimum Gasteiger partial charge on any atom is -0.490 e. The van der Waals surface area contributed by atoms with E-state index in [1.54, 1.807) is 24.0 Å². The van der Waals surface area contributed by atoms with Crippen molar-refractivity contribution in [3.63, 3.8) is 0 Å². The Hall–Kier alpha value is -3.52. The van der Waals surface area contributed by atoms with E-state index in [-0.39, 0.29) is 30.6 Å². The van der Waals surface area contributed by atoms with E-state index >= 15 is 0 Å². The Labute approximate surface area is 225 Å². The van der Waals surface area contributed by atoms with Crippen molar-refractivity contribution >= 4 is 28.0 Å². The first kappa shape index (κ1) is 26.5. The van der Waals surface area contributed by atoms with Gasteiger partial charge in [-0.1, -0.05) is 52.3 Å². The van der Waals surface area contributed by atoms with Crippen molar-refractivity contribution < 1.29 is 28.5 Å². The minimum atomic E-state index is -0.376. The lowest BCUT2D eigenvalue weighted by atomic mass is 10.0. The molecular weight excluding hydrogens is 538 g/mol. The van der Waals surface area contributed by atoms with Crippen molar-refractivity contribution in [1.82, 2.24) is 4.90 Å². The number of hydrogen-bond acceptors (Lipinski definition) is 6. The van der Waals surface area contributed by atoms with Gasteiger partial charge in [0, 0.05) is 10.0 Å². The van der Waals surface area contributed by atoms with Gasteiger partial charge in [0.15, 0.2) is 11.5 Å². The molecule has 1 heterocycles. The molecule has 3 aromatic carbocycles. The van der Waals surface area contributed by atoms with Crippen LogP contribution in [0.25, 0.3) is 0 Å². The van der Waals surface area contributed by atoms with E-state index in [1.807, 2.05) is 68.4 Å². The zero-order valence-corrected chi connectivity index (χ0v) is 22.7. The highest BCUT2D eigenvalue weighted by Gasteiger charge is 2.39. The normalized spacial score (nSPS) is 16.9. The van der Waals surface area contributed by atoms with Gasteiger partial charge in [-0.2, -0.15) is 0 Å². The molecule has 0 aromatic heterocycles. The summed E-state index contributed by atoms with van der Waals surface area (Å²) in [7, 11) is 0. The largest absolute Gasteiger partial charge is 0.490 e. The average Bonchev–Trinajstić information content (AvgIpc) is 3.16. The van der Waals surface area contributed by atoms with E-state index in [0.717, 1.165) is 21.2 Å². The molecule has 8 heteroatoms. The molecule has 0 N–H and O–H groups in total. The smallest absolute Gasteiger partial charge is 0.411 e. The minimum absolute atomic E-state index is 0.127. The highest BCUT2D eigenvalue weighted by atomic mass is 79.9. The molecule has 194 valence electrons. The number of esters is 1. The maximum Gasteiger partial charge on any atom is 0.411 e. The van der Waals surface area contributed by atoms with Crippen molar-refractivity contribution in [3.8, 4) is 17.2 Å². The third-order valence-corrected chi connectivity index (χ3v) is 6.56. The van der Waals surface area contributed by atoms with E-state index in [4.69, 9.17) is 18.9 Å². The van der Waals surface area contributed by atoms with Gasteiger partial charge in [-0.15, -0.1) is 0 Å². The summed E-state index contributed by atoms with van der Waals surface area (Å²) in [5.41, 5.74) is 2.50. The molecule has 1 aliphatic rings. The van der Waals surface area contributed by atoms with Crippen LogP contribution in [-0.4, -0.2) is 36.2 Å². The summed E-state index contributed by atoms with van der Waals surface area (Å²) in [5, 5.41) is 0. The lowest BCUT2D eigenvalue weighted by Crippen LogP contribution is -2.31. The van der Waals surface area contributed by atoms with E-state index in [1.165, 1.54) is 0 Å². The van der Waals surface area contributed by atoms with E-state index in [9.17, 15) is 9.59 Å². The molecule has 1 amide bonds. The van der Waals surface area contributed by atoms with E-state index < -0.39 is 0 Å². The first-order valence-corrected chi connectivity index (χ1v) is 13.1. The van der Waals surface area contributed by atoms with Crippen LogP contribution in [0.1, 0.15) is 43.6 Å². The second kappa shape index (κ2) is 12.1. The van der Waals surface area contributed by atoms with Crippen molar-refractivity contribution in [3.05, 3.63) is 87.9 Å². The van der Waals surface area contributed by atoms with Crippen LogP contribution in [0.4, 0.5) is 4.79 Å². The van der Waals surface area contributed by atoms with Crippen molar-refractivity contribution in [2.75, 3.05) is 13.2 Å². The summed E-state index contributed by atoms with van der Waals surface area (Å²) in [5.74, 6) is 1.30. The Balaban J connectivity index is 1.60. The van der Waals surface area contributed by atoms with Crippen LogP contribution in [0.5, 0.6) is 17.2 Å². The number of rotatable bonds is 10. The summed E-state index contributed by atoms with van der Waals surface area (Å²) in [6, 6.07) is 20.6. The monoisotopic (exact) mass is 567 g/mol. The number of ether oxygens (including phenoxy) is 4. The predicted molar refractivity (Wildman–Crippen MR) is 143 cm³/mol. The predicted octanol–water partition coefficient (Wildman–Crippen LogP) is 6.83. The third kappa shape index (κ3) is 6.43. The molecule has 0 aliphatic carbocycles. The molecule has 3 aromatic rings. The van der Waals surface area contributed by atoms with Crippen LogP contribution >= 0.6 is 15.9 Å². The fourth-order valence-corrected chi connectivity index (χ4v) is 4.68. The quantitative estimate of drug-likeness (QED) is 0.250. The molecule has 0 radical (unpaired) electrons. The second-order valence-corrected chi connectivity index (χ2v) is 9.55. The molecule has 0 unspecified atom stereocenters. The SMILES string of the molecule is CCOC(=O)Cc1ccc(OCC)c(Oc2ccc(Br)cc2CN2C(=O)O[C@@H](c3ccccc3)[C@H]2C)c1. The standard InChI is InChI=1S/C29H30BrNO6/c1-4-34-25-13-11-20(16-27(32)35-5-2)15-26(25)36-24-14-12-23(30)17-22(24)18-31-19(3)28(37-29(31)33)21-9-7-6-8-10-21/h6-15,17,19,28H,4-5,16,18H2,1-3H3/t19-,28-/m1/s1. The first-order valence-electron chi connectivity index (χ1n) is 12.3. The summed E-state index contributed by atoms with van der Waals surface area (Å²) < 4.78 is 23.8. The number of halogens is 1. The third-order valence-electron chi connectivity index (χ3n) is 6.07. The molecule has 0 saturated carbocycles. The molecular formula is C29H30BrNO6. The zero-order valence-electron chi connectivity index (χ0n) is 21.1. The highest BCUT2D eigenvalue weighted by Crippen LogP contribution is 2.38. The molecule has 1 saturated heterocycles. The van der Waals surface area contributed by atoms with Crippen molar-refractivity contribution in [1.29, 1.82) is 0 Å². The van der Waals surface area contributed by atoms with Gasteiger partial charge < -0.3 is 18.9 Å². The Morgan fingerprint density at radius 2 is 1.73 bits per heavy atom. The molecule has 37 heavy (non-hydrogen) atoms. The number of benzene rings is 3. The van der Waals surface area contributed by atoms with E-state index in [2.05, 4.69) is 15.9 Å². The number of cyclic esters (lactones) is 1. The van der Waals surface area contributed by atoms with Gasteiger partial charge in [0.25, 0.3) is 0 Å². The maximum atomic E-state index is 12.9.